The fourth-order valence-electron chi connectivity index (χ4n) is 1.93. The fraction of sp³-hybridized carbons (Fsp3) is 0.438. The number of non-ortho nitro benzene ring substituents is 1. The molecule has 1 atom stereocenters. The Morgan fingerprint density at radius 1 is 1.23 bits per heavy atom. The van der Waals surface area contributed by atoms with Crippen LogP contribution in [-0.4, -0.2) is 46.2 Å². The minimum atomic E-state index is -1.23. The lowest BCUT2D eigenvalue weighted by atomic mass is 10.0. The summed E-state index contributed by atoms with van der Waals surface area (Å²) in [6.45, 7) is 4.36. The van der Waals surface area contributed by atoms with Crippen LogP contribution in [0.3, 0.4) is 0 Å². The largest absolute Gasteiger partial charge is 0.480 e. The summed E-state index contributed by atoms with van der Waals surface area (Å²) >= 11 is 0. The number of carbonyl (C=O) groups is 3. The molecule has 10 heteroatoms. The first-order chi connectivity index (χ1) is 12.0. The number of nitrogens with zero attached hydrogens (tertiary/aromatic N) is 1. The standard InChI is InChI=1S/C16H21N3O7/c1-16(2,3)26-15(23)18-12(14(22)17-9-13(20)21)8-10-4-6-11(7-5-10)19(24)25/h4-7,12H,8-9H2,1-3H3,(H,17,22)(H,18,23)(H,20,21). The van der Waals surface area contributed by atoms with Gasteiger partial charge < -0.3 is 20.5 Å². The van der Waals surface area contributed by atoms with Crippen molar-refractivity contribution in [1.29, 1.82) is 0 Å². The number of amides is 2. The Balaban J connectivity index is 2.88. The summed E-state index contributed by atoms with van der Waals surface area (Å²) in [7, 11) is 0. The molecule has 2 amide bonds. The van der Waals surface area contributed by atoms with Crippen molar-refractivity contribution in [3.63, 3.8) is 0 Å². The van der Waals surface area contributed by atoms with E-state index in [4.69, 9.17) is 9.84 Å². The number of benzene rings is 1. The summed E-state index contributed by atoms with van der Waals surface area (Å²) in [4.78, 5) is 44.8. The molecule has 1 aromatic rings. The molecule has 1 aromatic carbocycles. The van der Waals surface area contributed by atoms with Gasteiger partial charge in [-0.25, -0.2) is 4.79 Å². The molecule has 1 rings (SSSR count). The van der Waals surface area contributed by atoms with Gasteiger partial charge in [-0.2, -0.15) is 0 Å². The molecule has 0 aliphatic rings. The van der Waals surface area contributed by atoms with Crippen LogP contribution in [0.15, 0.2) is 24.3 Å². The molecule has 10 nitrogen and oxygen atoms in total. The molecule has 0 aliphatic heterocycles. The molecule has 0 aliphatic carbocycles. The molecule has 142 valence electrons. The van der Waals surface area contributed by atoms with Crippen molar-refractivity contribution in [3.8, 4) is 0 Å². The van der Waals surface area contributed by atoms with E-state index in [0.717, 1.165) is 0 Å². The van der Waals surface area contributed by atoms with E-state index in [1.165, 1.54) is 24.3 Å². The van der Waals surface area contributed by atoms with Crippen LogP contribution in [0.25, 0.3) is 0 Å². The summed E-state index contributed by atoms with van der Waals surface area (Å²) in [5.74, 6) is -1.94. The molecule has 0 aromatic heterocycles. The molecule has 0 saturated carbocycles. The number of hydrogen-bond acceptors (Lipinski definition) is 6. The number of alkyl carbamates (subject to hydrolysis) is 1. The lowest BCUT2D eigenvalue weighted by Gasteiger charge is -2.23. The average Bonchev–Trinajstić information content (AvgIpc) is 2.50. The van der Waals surface area contributed by atoms with E-state index < -0.39 is 41.1 Å². The van der Waals surface area contributed by atoms with Crippen LogP contribution in [0, 0.1) is 10.1 Å². The topological polar surface area (TPSA) is 148 Å². The van der Waals surface area contributed by atoms with Crippen molar-refractivity contribution in [2.24, 2.45) is 0 Å². The SMILES string of the molecule is CC(C)(C)OC(=O)NC(Cc1ccc([N+](=O)[O-])cc1)C(=O)NCC(=O)O. The number of nitro benzene ring substituents is 1. The van der Waals surface area contributed by atoms with Gasteiger partial charge in [-0.3, -0.25) is 19.7 Å². The number of ether oxygens (including phenoxy) is 1. The van der Waals surface area contributed by atoms with Gasteiger partial charge in [0.25, 0.3) is 5.69 Å². The second-order valence-electron chi connectivity index (χ2n) is 6.44. The van der Waals surface area contributed by atoms with Crippen molar-refractivity contribution in [1.82, 2.24) is 10.6 Å². The molecular formula is C16H21N3O7. The smallest absolute Gasteiger partial charge is 0.408 e. The van der Waals surface area contributed by atoms with Gasteiger partial charge in [0.15, 0.2) is 0 Å². The second kappa shape index (κ2) is 8.79. The van der Waals surface area contributed by atoms with Crippen LogP contribution in [0.5, 0.6) is 0 Å². The van der Waals surface area contributed by atoms with Gasteiger partial charge in [0.2, 0.25) is 5.91 Å². The zero-order valence-electron chi connectivity index (χ0n) is 14.6. The Hall–Kier alpha value is -3.17. The Morgan fingerprint density at radius 2 is 1.81 bits per heavy atom. The number of rotatable bonds is 7. The van der Waals surface area contributed by atoms with Gasteiger partial charge in [0.1, 0.15) is 18.2 Å². The number of carboxylic acid groups (broad SMARTS) is 1. The lowest BCUT2D eigenvalue weighted by Crippen LogP contribution is -2.50. The zero-order chi connectivity index (χ0) is 19.9. The normalized spacial score (nSPS) is 12.0. The molecule has 0 bridgehead atoms. The Labute approximate surface area is 149 Å². The van der Waals surface area contributed by atoms with Crippen molar-refractivity contribution in [3.05, 3.63) is 39.9 Å². The predicted octanol–water partition coefficient (Wildman–Crippen LogP) is 1.23. The van der Waals surface area contributed by atoms with Gasteiger partial charge in [0, 0.05) is 18.6 Å². The number of aliphatic carboxylic acids is 1. The monoisotopic (exact) mass is 367 g/mol. The maximum absolute atomic E-state index is 12.2. The van der Waals surface area contributed by atoms with Crippen LogP contribution in [0.4, 0.5) is 10.5 Å². The third kappa shape index (κ3) is 7.60. The van der Waals surface area contributed by atoms with Crippen molar-refractivity contribution in [2.45, 2.75) is 38.8 Å². The van der Waals surface area contributed by atoms with E-state index >= 15 is 0 Å². The molecule has 0 spiro atoms. The first-order valence-electron chi connectivity index (χ1n) is 7.70. The molecule has 26 heavy (non-hydrogen) atoms. The summed E-state index contributed by atoms with van der Waals surface area (Å²) in [5.41, 5.74) is -0.345. The minimum absolute atomic E-state index is 0.00267. The Morgan fingerprint density at radius 3 is 2.27 bits per heavy atom. The van der Waals surface area contributed by atoms with Crippen LogP contribution < -0.4 is 10.6 Å². The highest BCUT2D eigenvalue weighted by molar-refractivity contribution is 5.88. The van der Waals surface area contributed by atoms with Crippen LogP contribution in [0.1, 0.15) is 26.3 Å². The second-order valence-corrected chi connectivity index (χ2v) is 6.44. The molecule has 0 heterocycles. The van der Waals surface area contributed by atoms with Gasteiger partial charge in [-0.1, -0.05) is 12.1 Å². The van der Waals surface area contributed by atoms with E-state index in [1.54, 1.807) is 20.8 Å². The van der Waals surface area contributed by atoms with Gasteiger partial charge in [0.05, 0.1) is 4.92 Å². The van der Waals surface area contributed by atoms with E-state index in [-0.39, 0.29) is 12.1 Å². The number of hydrogen-bond donors (Lipinski definition) is 3. The first kappa shape index (κ1) is 20.9. The lowest BCUT2D eigenvalue weighted by molar-refractivity contribution is -0.384. The minimum Gasteiger partial charge on any atom is -0.480 e. The van der Waals surface area contributed by atoms with Crippen LogP contribution in [0.2, 0.25) is 0 Å². The Kier molecular flexibility index (Phi) is 7.06. The zero-order valence-corrected chi connectivity index (χ0v) is 14.6. The third-order valence-electron chi connectivity index (χ3n) is 3.01. The summed E-state index contributed by atoms with van der Waals surface area (Å²) in [6, 6.07) is 4.34. The van der Waals surface area contributed by atoms with Crippen molar-refractivity contribution >= 4 is 23.7 Å². The van der Waals surface area contributed by atoms with Crippen LogP contribution in [-0.2, 0) is 20.7 Å². The number of carbonyl (C=O) groups excluding carboxylic acids is 2. The number of nitro groups is 1. The molecule has 0 fully saturated rings. The van der Waals surface area contributed by atoms with Gasteiger partial charge in [-0.15, -0.1) is 0 Å². The number of nitrogens with one attached hydrogen (secondary N) is 2. The molecule has 0 radical (unpaired) electrons. The third-order valence-corrected chi connectivity index (χ3v) is 3.01. The fourth-order valence-corrected chi connectivity index (χ4v) is 1.93. The highest BCUT2D eigenvalue weighted by atomic mass is 16.6. The molecule has 3 N–H and O–H groups in total. The maximum atomic E-state index is 12.2. The van der Waals surface area contributed by atoms with E-state index in [0.29, 0.717) is 5.56 Å². The number of carboxylic acids is 1. The summed E-state index contributed by atoms with van der Waals surface area (Å²) in [6.07, 6.45) is -0.835. The first-order valence-corrected chi connectivity index (χ1v) is 7.70. The molecule has 0 saturated heterocycles. The predicted molar refractivity (Wildman–Crippen MR) is 90.6 cm³/mol. The Bertz CT molecular complexity index is 680. The summed E-state index contributed by atoms with van der Waals surface area (Å²) in [5, 5.41) is 23.9. The molecule has 1 unspecified atom stereocenters. The average molecular weight is 367 g/mol. The maximum Gasteiger partial charge on any atom is 0.408 e. The van der Waals surface area contributed by atoms with E-state index in [2.05, 4.69) is 10.6 Å². The highest BCUT2D eigenvalue weighted by Crippen LogP contribution is 2.14. The van der Waals surface area contributed by atoms with Gasteiger partial charge in [-0.05, 0) is 26.3 Å². The summed E-state index contributed by atoms with van der Waals surface area (Å²) < 4.78 is 5.10. The quantitative estimate of drug-likeness (QED) is 0.485. The van der Waals surface area contributed by atoms with Crippen LogP contribution >= 0.6 is 0 Å². The van der Waals surface area contributed by atoms with Gasteiger partial charge >= 0.3 is 12.1 Å². The van der Waals surface area contributed by atoms with E-state index in [1.807, 2.05) is 0 Å². The highest BCUT2D eigenvalue weighted by Gasteiger charge is 2.25. The van der Waals surface area contributed by atoms with Crippen molar-refractivity contribution < 1.29 is 29.2 Å². The molecular weight excluding hydrogens is 346 g/mol. The van der Waals surface area contributed by atoms with E-state index in [9.17, 15) is 24.5 Å². The van der Waals surface area contributed by atoms with Crippen molar-refractivity contribution in [2.75, 3.05) is 6.54 Å².